The Kier molecular flexibility index (Phi) is 14.5. The fourth-order valence-electron chi connectivity index (χ4n) is 3.67. The summed E-state index contributed by atoms with van der Waals surface area (Å²) in [5.74, 6) is 0.148. The summed E-state index contributed by atoms with van der Waals surface area (Å²) < 4.78 is 4.60. The fraction of sp³-hybridized carbons (Fsp3) is 0.536. The number of amides is 2. The maximum atomic E-state index is 13.3. The number of benzene rings is 1. The third kappa shape index (κ3) is 12.8. The molecule has 0 bridgehead atoms. The minimum atomic E-state index is -0.772. The molecule has 0 aliphatic heterocycles. The van der Waals surface area contributed by atoms with Crippen LogP contribution in [0.15, 0.2) is 30.3 Å². The molecule has 0 fully saturated rings. The summed E-state index contributed by atoms with van der Waals surface area (Å²) in [6.45, 7) is 3.69. The highest BCUT2D eigenvalue weighted by Gasteiger charge is 2.28. The highest BCUT2D eigenvalue weighted by Crippen LogP contribution is 2.16. The van der Waals surface area contributed by atoms with Crippen LogP contribution >= 0.6 is 0 Å². The molecule has 1 aromatic carbocycles. The van der Waals surface area contributed by atoms with Gasteiger partial charge in [0.15, 0.2) is 11.6 Å². The molecule has 196 valence electrons. The molecule has 36 heavy (non-hydrogen) atoms. The zero-order valence-corrected chi connectivity index (χ0v) is 21.5. The zero-order chi connectivity index (χ0) is 26.9. The summed E-state index contributed by atoms with van der Waals surface area (Å²) in [5.41, 5.74) is 0.876. The van der Waals surface area contributed by atoms with Crippen molar-refractivity contribution in [2.24, 2.45) is 11.8 Å². The minimum Gasteiger partial charge on any atom is -0.469 e. The van der Waals surface area contributed by atoms with E-state index in [4.69, 9.17) is 6.42 Å². The van der Waals surface area contributed by atoms with Crippen LogP contribution in [0.25, 0.3) is 0 Å². The molecule has 2 amide bonds. The molecule has 0 radical (unpaired) electrons. The van der Waals surface area contributed by atoms with E-state index in [1.54, 1.807) is 0 Å². The van der Waals surface area contributed by atoms with E-state index in [1.165, 1.54) is 7.11 Å². The molecule has 2 atom stereocenters. The molecule has 0 heterocycles. The van der Waals surface area contributed by atoms with Gasteiger partial charge in [-0.05, 0) is 30.7 Å². The summed E-state index contributed by atoms with van der Waals surface area (Å²) in [4.78, 5) is 62.1. The Bertz CT molecular complexity index is 920. The van der Waals surface area contributed by atoms with Crippen molar-refractivity contribution in [1.29, 1.82) is 0 Å². The van der Waals surface area contributed by atoms with Gasteiger partial charge < -0.3 is 15.4 Å². The molecule has 0 aliphatic rings. The summed E-state index contributed by atoms with van der Waals surface area (Å²) in [5, 5.41) is 5.40. The number of methoxy groups -OCH3 is 1. The van der Waals surface area contributed by atoms with Crippen molar-refractivity contribution in [3.8, 4) is 12.3 Å². The smallest absolute Gasteiger partial charge is 0.305 e. The first-order valence-electron chi connectivity index (χ1n) is 12.3. The first-order chi connectivity index (χ1) is 17.2. The number of nitrogens with one attached hydrogen (secondary N) is 2. The molecule has 0 aromatic heterocycles. The van der Waals surface area contributed by atoms with Crippen molar-refractivity contribution in [3.05, 3.63) is 35.9 Å². The van der Waals surface area contributed by atoms with Crippen LogP contribution in [0.2, 0.25) is 0 Å². The van der Waals surface area contributed by atoms with Gasteiger partial charge in [0.2, 0.25) is 11.8 Å². The molecule has 2 N–H and O–H groups in total. The number of rotatable bonds is 17. The average Bonchev–Trinajstić information content (AvgIpc) is 2.85. The Morgan fingerprint density at radius 3 is 2.33 bits per heavy atom. The van der Waals surface area contributed by atoms with Gasteiger partial charge in [0, 0.05) is 31.6 Å². The van der Waals surface area contributed by atoms with Crippen molar-refractivity contribution < 1.29 is 28.7 Å². The lowest BCUT2D eigenvalue weighted by Crippen LogP contribution is -2.45. The quantitative estimate of drug-likeness (QED) is 0.194. The molecule has 0 spiro atoms. The second-order valence-corrected chi connectivity index (χ2v) is 9.20. The molecule has 1 aromatic rings. The number of hydrogen-bond donors (Lipinski definition) is 2. The summed E-state index contributed by atoms with van der Waals surface area (Å²) in [7, 11) is 1.26. The van der Waals surface area contributed by atoms with E-state index in [2.05, 4.69) is 21.3 Å². The van der Waals surface area contributed by atoms with Crippen molar-refractivity contribution >= 4 is 29.4 Å². The molecule has 2 unspecified atom stereocenters. The standard InChI is InChI=1S/C28H38N2O6/c1-5-6-8-13-26(33)29-19-23(31)18-22(17-21-11-9-7-10-12-21)28(35)30-24(16-20(2)3)25(32)14-15-27(34)36-4/h1,7,9-12,20,22,24H,6,8,13-19H2,2-4H3,(H,29,33)(H,30,35). The lowest BCUT2D eigenvalue weighted by Gasteiger charge is -2.23. The second-order valence-electron chi connectivity index (χ2n) is 9.20. The Morgan fingerprint density at radius 2 is 1.72 bits per heavy atom. The van der Waals surface area contributed by atoms with E-state index in [0.29, 0.717) is 25.7 Å². The van der Waals surface area contributed by atoms with Crippen LogP contribution < -0.4 is 10.6 Å². The van der Waals surface area contributed by atoms with Gasteiger partial charge in [-0.25, -0.2) is 0 Å². The summed E-state index contributed by atoms with van der Waals surface area (Å²) in [6, 6.07) is 8.52. The van der Waals surface area contributed by atoms with E-state index < -0.39 is 23.8 Å². The van der Waals surface area contributed by atoms with E-state index in [-0.39, 0.29) is 55.6 Å². The molecule has 8 heteroatoms. The lowest BCUT2D eigenvalue weighted by molar-refractivity contribution is -0.142. The summed E-state index contributed by atoms with van der Waals surface area (Å²) >= 11 is 0. The molecule has 1 rings (SSSR count). The SMILES string of the molecule is C#CCCCC(=O)NCC(=O)CC(Cc1ccccc1)C(=O)NC(CC(C)C)C(=O)CCC(=O)OC. The highest BCUT2D eigenvalue weighted by atomic mass is 16.5. The number of carbonyl (C=O) groups excluding carboxylic acids is 5. The van der Waals surface area contributed by atoms with Crippen molar-refractivity contribution in [2.75, 3.05) is 13.7 Å². The zero-order valence-electron chi connectivity index (χ0n) is 21.5. The monoisotopic (exact) mass is 498 g/mol. The number of Topliss-reactive ketones (excluding diaryl/α,β-unsaturated/α-hetero) is 2. The van der Waals surface area contributed by atoms with E-state index in [1.807, 2.05) is 44.2 Å². The molecular formula is C28H38N2O6. The van der Waals surface area contributed by atoms with Crippen LogP contribution in [-0.4, -0.2) is 49.0 Å². The Labute approximate surface area is 213 Å². The molecule has 0 saturated heterocycles. The number of carbonyl (C=O) groups is 5. The van der Waals surface area contributed by atoms with Crippen LogP contribution in [0.3, 0.4) is 0 Å². The highest BCUT2D eigenvalue weighted by molar-refractivity contribution is 5.94. The van der Waals surface area contributed by atoms with E-state index in [0.717, 1.165) is 5.56 Å². The summed E-state index contributed by atoms with van der Waals surface area (Å²) in [6.07, 6.45) is 6.96. The molecule has 0 aliphatic carbocycles. The average molecular weight is 499 g/mol. The molecule has 0 saturated carbocycles. The van der Waals surface area contributed by atoms with Crippen LogP contribution in [0.4, 0.5) is 0 Å². The molecule has 8 nitrogen and oxygen atoms in total. The molecular weight excluding hydrogens is 460 g/mol. The number of ether oxygens (including phenoxy) is 1. The van der Waals surface area contributed by atoms with Gasteiger partial charge in [-0.3, -0.25) is 24.0 Å². The Hall–Kier alpha value is -3.47. The second kappa shape index (κ2) is 17.0. The van der Waals surface area contributed by atoms with Gasteiger partial charge in [-0.1, -0.05) is 44.2 Å². The number of hydrogen-bond acceptors (Lipinski definition) is 6. The van der Waals surface area contributed by atoms with Crippen LogP contribution in [0.5, 0.6) is 0 Å². The first kappa shape index (κ1) is 30.6. The van der Waals surface area contributed by atoms with Gasteiger partial charge in [0.1, 0.15) is 0 Å². The third-order valence-corrected chi connectivity index (χ3v) is 5.59. The Balaban J connectivity index is 2.89. The van der Waals surface area contributed by atoms with Crippen molar-refractivity contribution in [1.82, 2.24) is 10.6 Å². The fourth-order valence-corrected chi connectivity index (χ4v) is 3.67. The van der Waals surface area contributed by atoms with Gasteiger partial charge in [-0.2, -0.15) is 0 Å². The van der Waals surface area contributed by atoms with Gasteiger partial charge in [-0.15, -0.1) is 12.3 Å². The van der Waals surface area contributed by atoms with Gasteiger partial charge in [0.25, 0.3) is 0 Å². The van der Waals surface area contributed by atoms with E-state index >= 15 is 0 Å². The van der Waals surface area contributed by atoms with Crippen molar-refractivity contribution in [2.45, 2.75) is 71.3 Å². The topological polar surface area (TPSA) is 119 Å². The van der Waals surface area contributed by atoms with E-state index in [9.17, 15) is 24.0 Å². The number of terminal acetylenes is 1. The number of ketones is 2. The van der Waals surface area contributed by atoms with Crippen LogP contribution in [0, 0.1) is 24.2 Å². The van der Waals surface area contributed by atoms with Gasteiger partial charge >= 0.3 is 5.97 Å². The normalized spacial score (nSPS) is 12.2. The first-order valence-corrected chi connectivity index (χ1v) is 12.3. The Morgan fingerprint density at radius 1 is 1.03 bits per heavy atom. The number of unbranched alkanes of at least 4 members (excludes halogenated alkanes) is 1. The number of esters is 1. The maximum Gasteiger partial charge on any atom is 0.305 e. The van der Waals surface area contributed by atoms with Gasteiger partial charge in [0.05, 0.1) is 26.1 Å². The predicted octanol–water partition coefficient (Wildman–Crippen LogP) is 2.78. The minimum absolute atomic E-state index is 0.0433. The predicted molar refractivity (Wildman–Crippen MR) is 137 cm³/mol. The largest absolute Gasteiger partial charge is 0.469 e. The van der Waals surface area contributed by atoms with Crippen LogP contribution in [-0.2, 0) is 35.1 Å². The van der Waals surface area contributed by atoms with Crippen LogP contribution in [0.1, 0.15) is 64.4 Å². The third-order valence-electron chi connectivity index (χ3n) is 5.59. The maximum absolute atomic E-state index is 13.3. The lowest BCUT2D eigenvalue weighted by atomic mass is 9.91. The van der Waals surface area contributed by atoms with Crippen molar-refractivity contribution in [3.63, 3.8) is 0 Å².